The van der Waals surface area contributed by atoms with Gasteiger partial charge in [0.1, 0.15) is 13.2 Å². The topological polar surface area (TPSA) is 170 Å². The number of aliphatic hydroxyl groups is 2. The van der Waals surface area contributed by atoms with Gasteiger partial charge in [-0.3, -0.25) is 0 Å². The number of alkyl carbamates (subject to hydrolysis) is 2. The molecule has 4 N–H and O–H groups in total. The lowest BCUT2D eigenvalue weighted by Gasteiger charge is -2.23. The van der Waals surface area contributed by atoms with E-state index in [1.54, 1.807) is 0 Å². The highest BCUT2D eigenvalue weighted by Crippen LogP contribution is 2.45. The molecule has 0 radical (unpaired) electrons. The summed E-state index contributed by atoms with van der Waals surface area (Å²) in [5, 5.41) is 26.1. The highest BCUT2D eigenvalue weighted by Gasteiger charge is 2.34. The smallest absolute Gasteiger partial charge is 0.407 e. The molecule has 0 spiro atoms. The Kier molecular flexibility index (Phi) is 14.8. The van der Waals surface area contributed by atoms with Crippen LogP contribution in [0.1, 0.15) is 45.2 Å². The lowest BCUT2D eigenvalue weighted by atomic mass is 9.98. The maximum Gasteiger partial charge on any atom is 0.407 e. The number of ether oxygens (including phenoxy) is 4. The number of aliphatic hydroxyl groups excluding tert-OH is 2. The zero-order valence-corrected chi connectivity index (χ0v) is 35.5. The normalized spacial score (nSPS) is 14.1. The molecule has 2 aliphatic carbocycles. The quantitative estimate of drug-likeness (QED) is 0.0642. The summed E-state index contributed by atoms with van der Waals surface area (Å²) in [6.45, 7) is 0.259. The van der Waals surface area contributed by atoms with E-state index in [4.69, 9.17) is 14.2 Å². The highest BCUT2D eigenvalue weighted by atomic mass is 16.6. The number of amides is 2. The molecule has 12 nitrogen and oxygen atoms in total. The van der Waals surface area contributed by atoms with Crippen LogP contribution in [0.5, 0.6) is 0 Å². The van der Waals surface area contributed by atoms with Gasteiger partial charge in [0.05, 0.1) is 26.4 Å². The van der Waals surface area contributed by atoms with Gasteiger partial charge in [-0.2, -0.15) is 0 Å². The SMILES string of the molecule is COC(=O)[C@@H](NC(=O)OCC1c2ccccc2-c2ccccc21)[C@H](O)Cc1ccccc1.COC(=O)[C@@H](O)[C@@H](Cc1ccccc1)NC(=O)OCC1c2ccccc2-c2ccccc21. The number of benzene rings is 6. The molecule has 6 aromatic rings. The number of rotatable bonds is 14. The molecule has 2 aliphatic rings. The summed E-state index contributed by atoms with van der Waals surface area (Å²) in [5.41, 5.74) is 10.6. The minimum atomic E-state index is -1.51. The number of nitrogens with one attached hydrogen (secondary N) is 2. The van der Waals surface area contributed by atoms with Crippen LogP contribution in [0.3, 0.4) is 0 Å². The van der Waals surface area contributed by atoms with E-state index < -0.39 is 48.4 Å². The minimum absolute atomic E-state index is 0.0775. The maximum atomic E-state index is 12.6. The summed E-state index contributed by atoms with van der Waals surface area (Å²) in [4.78, 5) is 49.3. The molecule has 2 amide bonds. The predicted molar refractivity (Wildman–Crippen MR) is 240 cm³/mol. The summed E-state index contributed by atoms with van der Waals surface area (Å²) < 4.78 is 20.5. The third-order valence-corrected chi connectivity index (χ3v) is 11.5. The van der Waals surface area contributed by atoms with Crippen molar-refractivity contribution in [2.75, 3.05) is 27.4 Å². The van der Waals surface area contributed by atoms with E-state index in [9.17, 15) is 29.4 Å². The molecule has 0 bridgehead atoms. The van der Waals surface area contributed by atoms with Crippen molar-refractivity contribution in [2.24, 2.45) is 0 Å². The van der Waals surface area contributed by atoms with Crippen LogP contribution in [0.25, 0.3) is 22.3 Å². The van der Waals surface area contributed by atoms with Crippen LogP contribution >= 0.6 is 0 Å². The molecule has 0 unspecified atom stereocenters. The first-order valence-corrected chi connectivity index (χ1v) is 21.0. The Morgan fingerprint density at radius 3 is 1.25 bits per heavy atom. The first-order valence-electron chi connectivity index (χ1n) is 21.0. The van der Waals surface area contributed by atoms with E-state index in [-0.39, 0.29) is 37.9 Å². The minimum Gasteiger partial charge on any atom is -0.467 e. The number of fused-ring (bicyclic) bond motifs is 6. The summed E-state index contributed by atoms with van der Waals surface area (Å²) >= 11 is 0. The van der Waals surface area contributed by atoms with Crippen molar-refractivity contribution in [1.29, 1.82) is 0 Å². The van der Waals surface area contributed by atoms with Crippen LogP contribution < -0.4 is 10.6 Å². The summed E-state index contributed by atoms with van der Waals surface area (Å²) in [6, 6.07) is 48.6. The van der Waals surface area contributed by atoms with E-state index in [2.05, 4.69) is 39.6 Å². The van der Waals surface area contributed by atoms with E-state index in [0.717, 1.165) is 55.6 Å². The molecule has 0 aromatic heterocycles. The summed E-state index contributed by atoms with van der Waals surface area (Å²) in [7, 11) is 2.41. The van der Waals surface area contributed by atoms with Crippen LogP contribution in [0, 0.1) is 0 Å². The van der Waals surface area contributed by atoms with E-state index in [0.29, 0.717) is 0 Å². The zero-order valence-electron chi connectivity index (χ0n) is 35.5. The largest absolute Gasteiger partial charge is 0.467 e. The number of esters is 2. The van der Waals surface area contributed by atoms with E-state index in [1.807, 2.05) is 133 Å². The molecular weight excluding hydrogens is 813 g/mol. The van der Waals surface area contributed by atoms with Crippen molar-refractivity contribution in [1.82, 2.24) is 10.6 Å². The molecule has 0 heterocycles. The second-order valence-electron chi connectivity index (χ2n) is 15.5. The van der Waals surface area contributed by atoms with Gasteiger partial charge in [-0.1, -0.05) is 158 Å². The Hall–Kier alpha value is -7.28. The van der Waals surface area contributed by atoms with Crippen LogP contribution in [0.15, 0.2) is 158 Å². The van der Waals surface area contributed by atoms with Crippen molar-refractivity contribution >= 4 is 24.1 Å². The number of carbonyl (C=O) groups excluding carboxylic acids is 4. The number of hydrogen-bond donors (Lipinski definition) is 4. The lowest BCUT2D eigenvalue weighted by Crippen LogP contribution is -2.50. The highest BCUT2D eigenvalue weighted by molar-refractivity contribution is 5.83. The molecule has 8 rings (SSSR count). The fourth-order valence-electron chi connectivity index (χ4n) is 8.37. The number of carbonyl (C=O) groups is 4. The Morgan fingerprint density at radius 1 is 0.484 bits per heavy atom. The number of methoxy groups -OCH3 is 2. The fourth-order valence-corrected chi connectivity index (χ4v) is 8.37. The first kappa shape index (κ1) is 44.8. The van der Waals surface area contributed by atoms with Crippen LogP contribution in [0.4, 0.5) is 9.59 Å². The molecule has 0 aliphatic heterocycles. The van der Waals surface area contributed by atoms with Gasteiger partial charge in [0.25, 0.3) is 0 Å². The van der Waals surface area contributed by atoms with E-state index in [1.165, 1.54) is 14.2 Å². The molecule has 0 saturated carbocycles. The second kappa shape index (κ2) is 21.2. The standard InChI is InChI=1S/2C26H25NO5/c1-31-25(29)24(23(28)15-17-9-3-2-4-10-17)27-26(30)32-16-22-20-13-7-5-11-18(20)19-12-6-8-14-21(19)22;1-31-25(29)24(28)23(15-17-9-3-2-4-10-17)27-26(30)32-16-22-20-13-7-5-11-18(20)19-12-6-8-14-21(19)22/h2*2-14,22-24,28H,15-16H2,1H3,(H,27,30)/t2*23-,24+/m11/s1. The Bertz CT molecular complexity index is 2460. The molecule has 6 aromatic carbocycles. The molecule has 12 heteroatoms. The van der Waals surface area contributed by atoms with Gasteiger partial charge in [0.15, 0.2) is 12.1 Å². The van der Waals surface area contributed by atoms with Gasteiger partial charge in [-0.25, -0.2) is 19.2 Å². The van der Waals surface area contributed by atoms with Gasteiger partial charge < -0.3 is 39.8 Å². The number of hydrogen-bond acceptors (Lipinski definition) is 10. The van der Waals surface area contributed by atoms with Gasteiger partial charge in [0, 0.05) is 18.3 Å². The molecule has 0 saturated heterocycles. The summed E-state index contributed by atoms with van der Waals surface area (Å²) in [5.74, 6) is -1.72. The second-order valence-corrected chi connectivity index (χ2v) is 15.5. The molecule has 0 fully saturated rings. The lowest BCUT2D eigenvalue weighted by molar-refractivity contribution is -0.151. The van der Waals surface area contributed by atoms with Crippen LogP contribution in [0.2, 0.25) is 0 Å². The van der Waals surface area contributed by atoms with E-state index >= 15 is 0 Å². The maximum absolute atomic E-state index is 12.6. The van der Waals surface area contributed by atoms with Crippen LogP contribution in [-0.2, 0) is 41.4 Å². The third-order valence-electron chi connectivity index (χ3n) is 11.5. The molecular formula is C52H50N2O10. The Labute approximate surface area is 371 Å². The van der Waals surface area contributed by atoms with Crippen molar-refractivity contribution in [3.05, 3.63) is 191 Å². The molecule has 4 atom stereocenters. The fraction of sp³-hybridized carbons (Fsp3) is 0.231. The zero-order chi connectivity index (χ0) is 45.0. The molecule has 64 heavy (non-hydrogen) atoms. The van der Waals surface area contributed by atoms with Crippen LogP contribution in [-0.4, -0.2) is 86.1 Å². The predicted octanol–water partition coefficient (Wildman–Crippen LogP) is 7.34. The molecule has 328 valence electrons. The average molecular weight is 863 g/mol. The van der Waals surface area contributed by atoms with Crippen molar-refractivity contribution in [2.45, 2.75) is 49.0 Å². The van der Waals surface area contributed by atoms with Gasteiger partial charge >= 0.3 is 24.1 Å². The first-order chi connectivity index (χ1) is 31.2. The Balaban J connectivity index is 0.000000191. The monoisotopic (exact) mass is 862 g/mol. The van der Waals surface area contributed by atoms with Crippen molar-refractivity contribution < 1.29 is 48.3 Å². The average Bonchev–Trinajstić information content (AvgIpc) is 3.83. The van der Waals surface area contributed by atoms with Gasteiger partial charge in [-0.05, 0) is 62.1 Å². The van der Waals surface area contributed by atoms with Gasteiger partial charge in [0.2, 0.25) is 0 Å². The van der Waals surface area contributed by atoms with Crippen molar-refractivity contribution in [3.63, 3.8) is 0 Å². The third kappa shape index (κ3) is 10.5. The summed E-state index contributed by atoms with van der Waals surface area (Å²) in [6.07, 6.45) is -3.72. The van der Waals surface area contributed by atoms with Crippen molar-refractivity contribution in [3.8, 4) is 22.3 Å². The Morgan fingerprint density at radius 2 is 0.844 bits per heavy atom. The van der Waals surface area contributed by atoms with Gasteiger partial charge in [-0.15, -0.1) is 0 Å².